The molecule has 2 heterocycles. The van der Waals surface area contributed by atoms with Crippen molar-refractivity contribution in [1.29, 1.82) is 0 Å². The molecule has 2 aromatic carbocycles. The minimum Gasteiger partial charge on any atom is -0.497 e. The fourth-order valence-corrected chi connectivity index (χ4v) is 5.38. The van der Waals surface area contributed by atoms with E-state index in [9.17, 15) is 13.2 Å². The summed E-state index contributed by atoms with van der Waals surface area (Å²) in [6, 6.07) is 13.7. The summed E-state index contributed by atoms with van der Waals surface area (Å²) in [5, 5.41) is 12.4. The number of nitrogens with one attached hydrogen (secondary N) is 1. The van der Waals surface area contributed by atoms with Crippen LogP contribution in [0.3, 0.4) is 0 Å². The van der Waals surface area contributed by atoms with Crippen molar-refractivity contribution in [3.63, 3.8) is 0 Å². The number of pyridine rings is 1. The normalized spacial score (nSPS) is 19.1. The molecule has 0 saturated heterocycles. The Bertz CT molecular complexity index is 1350. The summed E-state index contributed by atoms with van der Waals surface area (Å²) in [5.41, 5.74) is 1.74. The van der Waals surface area contributed by atoms with Crippen LogP contribution < -0.4 is 10.1 Å². The maximum absolute atomic E-state index is 13.3. The molecule has 9 heteroatoms. The highest BCUT2D eigenvalue weighted by atomic mass is 19.4. The minimum absolute atomic E-state index is 0.163. The monoisotopic (exact) mass is 510 g/mol. The van der Waals surface area contributed by atoms with Crippen LogP contribution in [0.25, 0.3) is 22.4 Å². The first-order valence-corrected chi connectivity index (χ1v) is 12.6. The first-order chi connectivity index (χ1) is 17.9. The lowest BCUT2D eigenvalue weighted by atomic mass is 9.75. The smallest absolute Gasteiger partial charge is 0.416 e. The van der Waals surface area contributed by atoms with Crippen molar-refractivity contribution in [3.8, 4) is 17.2 Å². The zero-order valence-electron chi connectivity index (χ0n) is 20.8. The van der Waals surface area contributed by atoms with Crippen molar-refractivity contribution in [3.05, 3.63) is 65.9 Å². The van der Waals surface area contributed by atoms with E-state index in [0.717, 1.165) is 55.0 Å². The van der Waals surface area contributed by atoms with Crippen LogP contribution in [0.2, 0.25) is 0 Å². The first kappa shape index (κ1) is 25.0. The highest BCUT2D eigenvalue weighted by molar-refractivity contribution is 5.83. The van der Waals surface area contributed by atoms with E-state index in [4.69, 9.17) is 9.15 Å². The van der Waals surface area contributed by atoms with Crippen LogP contribution >= 0.6 is 0 Å². The highest BCUT2D eigenvalue weighted by Gasteiger charge is 2.32. The van der Waals surface area contributed by atoms with Gasteiger partial charge in [-0.3, -0.25) is 4.98 Å². The van der Waals surface area contributed by atoms with Crippen LogP contribution in [0, 0.1) is 5.92 Å². The largest absolute Gasteiger partial charge is 0.497 e. The number of alkyl halides is 3. The fourth-order valence-electron chi connectivity index (χ4n) is 5.38. The topological polar surface area (TPSA) is 73.1 Å². The SMILES string of the molecule is CCC(Nc1nnc(-c2ccc(OC)cc2)o1)[C@H]1CC[C@@H](c2ccnc3ccc(C(F)(F)F)cc32)CC1. The predicted octanol–water partition coefficient (Wildman–Crippen LogP) is 7.48. The van der Waals surface area contributed by atoms with Gasteiger partial charge in [0.1, 0.15) is 5.75 Å². The molecule has 0 bridgehead atoms. The zero-order chi connectivity index (χ0) is 26.0. The minimum atomic E-state index is -4.37. The van der Waals surface area contributed by atoms with Crippen LogP contribution in [0.1, 0.15) is 56.1 Å². The quantitative estimate of drug-likeness (QED) is 0.278. The third-order valence-electron chi connectivity index (χ3n) is 7.39. The number of ether oxygens (including phenoxy) is 1. The lowest BCUT2D eigenvalue weighted by Gasteiger charge is -2.34. The second-order valence-electron chi connectivity index (χ2n) is 9.54. The van der Waals surface area contributed by atoms with Crippen molar-refractivity contribution in [2.75, 3.05) is 12.4 Å². The molecule has 2 aromatic heterocycles. The molecule has 5 rings (SSSR count). The van der Waals surface area contributed by atoms with Crippen LogP contribution in [-0.4, -0.2) is 28.3 Å². The van der Waals surface area contributed by atoms with Crippen LogP contribution in [-0.2, 0) is 6.18 Å². The Labute approximate surface area is 213 Å². The third-order valence-corrected chi connectivity index (χ3v) is 7.39. The second kappa shape index (κ2) is 10.4. The standard InChI is InChI=1S/C28H29F3N4O2/c1-3-24(33-27-35-34-26(37-27)19-8-11-21(36-2)12-9-19)18-6-4-17(5-7-18)22-14-15-32-25-13-10-20(16-23(22)25)28(29,30)31/h8-18,24H,3-7H2,1-2H3,(H,33,35)/t17-,18+,24?. The Morgan fingerprint density at radius 3 is 2.46 bits per heavy atom. The molecule has 0 aliphatic heterocycles. The maximum Gasteiger partial charge on any atom is 0.416 e. The number of benzene rings is 2. The fraction of sp³-hybridized carbons (Fsp3) is 0.393. The number of halogens is 3. The number of hydrogen-bond donors (Lipinski definition) is 1. The van der Waals surface area contributed by atoms with Gasteiger partial charge in [-0.1, -0.05) is 12.0 Å². The summed E-state index contributed by atoms with van der Waals surface area (Å²) in [5.74, 6) is 1.79. The molecular weight excluding hydrogens is 481 g/mol. The molecule has 1 aliphatic carbocycles. The second-order valence-corrected chi connectivity index (χ2v) is 9.54. The Balaban J connectivity index is 1.26. The molecule has 1 N–H and O–H groups in total. The van der Waals surface area contributed by atoms with Gasteiger partial charge in [-0.05, 0) is 98.0 Å². The van der Waals surface area contributed by atoms with Crippen molar-refractivity contribution >= 4 is 16.9 Å². The molecule has 1 unspecified atom stereocenters. The van der Waals surface area contributed by atoms with Crippen molar-refractivity contribution in [2.45, 2.75) is 57.2 Å². The molecule has 37 heavy (non-hydrogen) atoms. The van der Waals surface area contributed by atoms with E-state index in [-0.39, 0.29) is 12.0 Å². The molecule has 0 amide bonds. The van der Waals surface area contributed by atoms with Crippen molar-refractivity contribution in [1.82, 2.24) is 15.2 Å². The van der Waals surface area contributed by atoms with E-state index in [0.29, 0.717) is 28.7 Å². The molecule has 0 radical (unpaired) electrons. The number of nitrogens with zero attached hydrogens (tertiary/aromatic N) is 3. The van der Waals surface area contributed by atoms with E-state index in [1.807, 2.05) is 30.3 Å². The molecule has 4 aromatic rings. The van der Waals surface area contributed by atoms with Gasteiger partial charge in [0.15, 0.2) is 0 Å². The molecule has 0 spiro atoms. The first-order valence-electron chi connectivity index (χ1n) is 12.6. The number of methoxy groups -OCH3 is 1. The van der Waals surface area contributed by atoms with E-state index < -0.39 is 11.7 Å². The van der Waals surface area contributed by atoms with Gasteiger partial charge in [0, 0.05) is 23.2 Å². The molecular formula is C28H29F3N4O2. The summed E-state index contributed by atoms with van der Waals surface area (Å²) in [6.07, 6.45) is 1.93. The molecule has 1 fully saturated rings. The Hall–Kier alpha value is -3.62. The third kappa shape index (κ3) is 5.40. The number of fused-ring (bicyclic) bond motifs is 1. The van der Waals surface area contributed by atoms with Crippen molar-refractivity contribution < 1.29 is 22.3 Å². The zero-order valence-corrected chi connectivity index (χ0v) is 20.8. The van der Waals surface area contributed by atoms with Crippen LogP contribution in [0.4, 0.5) is 19.2 Å². The van der Waals surface area contributed by atoms with E-state index in [1.54, 1.807) is 13.3 Å². The van der Waals surface area contributed by atoms with Gasteiger partial charge < -0.3 is 14.5 Å². The number of aromatic nitrogens is 3. The average Bonchev–Trinajstić information content (AvgIpc) is 3.39. The van der Waals surface area contributed by atoms with E-state index in [1.165, 1.54) is 12.1 Å². The van der Waals surface area contributed by atoms with E-state index >= 15 is 0 Å². The molecule has 1 saturated carbocycles. The Morgan fingerprint density at radius 1 is 1.03 bits per heavy atom. The number of rotatable bonds is 7. The summed E-state index contributed by atoms with van der Waals surface area (Å²) in [7, 11) is 1.62. The maximum atomic E-state index is 13.3. The van der Waals surface area contributed by atoms with Gasteiger partial charge >= 0.3 is 12.2 Å². The van der Waals surface area contributed by atoms with Gasteiger partial charge in [0.05, 0.1) is 18.2 Å². The van der Waals surface area contributed by atoms with E-state index in [2.05, 4.69) is 27.4 Å². The number of hydrogen-bond acceptors (Lipinski definition) is 6. The highest BCUT2D eigenvalue weighted by Crippen LogP contribution is 2.41. The van der Waals surface area contributed by atoms with Crippen LogP contribution in [0.15, 0.2) is 59.1 Å². The molecule has 6 nitrogen and oxygen atoms in total. The molecule has 194 valence electrons. The van der Waals surface area contributed by atoms with Gasteiger partial charge in [0.2, 0.25) is 5.89 Å². The summed E-state index contributed by atoms with van der Waals surface area (Å²) in [4.78, 5) is 4.29. The van der Waals surface area contributed by atoms with Crippen LogP contribution in [0.5, 0.6) is 5.75 Å². The Kier molecular flexibility index (Phi) is 7.04. The summed E-state index contributed by atoms with van der Waals surface area (Å²) < 4.78 is 51.0. The summed E-state index contributed by atoms with van der Waals surface area (Å²) >= 11 is 0. The molecule has 1 atom stereocenters. The molecule has 1 aliphatic rings. The van der Waals surface area contributed by atoms with Gasteiger partial charge in [-0.25, -0.2) is 0 Å². The average molecular weight is 511 g/mol. The van der Waals surface area contributed by atoms with Gasteiger partial charge in [-0.2, -0.15) is 13.2 Å². The summed E-state index contributed by atoms with van der Waals surface area (Å²) in [6.45, 7) is 2.12. The van der Waals surface area contributed by atoms with Crippen molar-refractivity contribution in [2.24, 2.45) is 5.92 Å². The predicted molar refractivity (Wildman–Crippen MR) is 135 cm³/mol. The van der Waals surface area contributed by atoms with Gasteiger partial charge in [-0.15, -0.1) is 5.10 Å². The lowest BCUT2D eigenvalue weighted by Crippen LogP contribution is -2.31. The lowest BCUT2D eigenvalue weighted by molar-refractivity contribution is -0.137. The number of anilines is 1. The Morgan fingerprint density at radius 2 is 1.78 bits per heavy atom. The van der Waals surface area contributed by atoms with Gasteiger partial charge in [0.25, 0.3) is 0 Å².